The Balaban J connectivity index is 1.14. The molecule has 34 heavy (non-hydrogen) atoms. The van der Waals surface area contributed by atoms with Gasteiger partial charge < -0.3 is 25.0 Å². The Morgan fingerprint density at radius 3 is 2.47 bits per heavy atom. The van der Waals surface area contributed by atoms with E-state index >= 15 is 0 Å². The lowest BCUT2D eigenvalue weighted by Crippen LogP contribution is -2.61. The fourth-order valence-corrected chi connectivity index (χ4v) is 7.32. The van der Waals surface area contributed by atoms with Gasteiger partial charge >= 0.3 is 6.03 Å². The highest BCUT2D eigenvalue weighted by atomic mass is 16.5. The van der Waals surface area contributed by atoms with E-state index in [1.165, 1.54) is 19.3 Å². The number of ether oxygens (including phenoxy) is 2. The summed E-state index contributed by atoms with van der Waals surface area (Å²) in [6.07, 6.45) is 9.78. The van der Waals surface area contributed by atoms with E-state index in [0.717, 1.165) is 67.8 Å². The minimum absolute atomic E-state index is 0.0153. The number of amides is 3. The second-order valence-electron chi connectivity index (χ2n) is 11.0. The molecule has 1 aromatic carbocycles. The van der Waals surface area contributed by atoms with Gasteiger partial charge in [0, 0.05) is 43.8 Å². The van der Waals surface area contributed by atoms with E-state index in [-0.39, 0.29) is 30.0 Å². The number of nitrogens with zero attached hydrogens (tertiary/aromatic N) is 1. The van der Waals surface area contributed by atoms with Crippen LogP contribution in [0.2, 0.25) is 0 Å². The number of hydrogen-bond acceptors (Lipinski definition) is 4. The van der Waals surface area contributed by atoms with Crippen molar-refractivity contribution in [3.63, 3.8) is 0 Å². The van der Waals surface area contributed by atoms with Crippen LogP contribution >= 0.6 is 0 Å². The van der Waals surface area contributed by atoms with Gasteiger partial charge in [0.2, 0.25) is 5.91 Å². The minimum atomic E-state index is -0.120. The Bertz CT molecular complexity index is 847. The minimum Gasteiger partial charge on any atom is -0.496 e. The number of methoxy groups -OCH3 is 1. The third kappa shape index (κ3) is 5.35. The van der Waals surface area contributed by atoms with Gasteiger partial charge in [-0.2, -0.15) is 0 Å². The average molecular weight is 470 g/mol. The Morgan fingerprint density at radius 1 is 1.12 bits per heavy atom. The second kappa shape index (κ2) is 10.1. The predicted molar refractivity (Wildman–Crippen MR) is 129 cm³/mol. The van der Waals surface area contributed by atoms with Gasteiger partial charge in [-0.25, -0.2) is 4.79 Å². The van der Waals surface area contributed by atoms with Crippen LogP contribution in [0.5, 0.6) is 5.75 Å². The van der Waals surface area contributed by atoms with Crippen LogP contribution in [0.15, 0.2) is 24.3 Å². The second-order valence-corrected chi connectivity index (χ2v) is 11.0. The van der Waals surface area contributed by atoms with Crippen molar-refractivity contribution in [2.24, 2.45) is 17.8 Å². The predicted octanol–water partition coefficient (Wildman–Crippen LogP) is 3.86. The van der Waals surface area contributed by atoms with Crippen molar-refractivity contribution in [3.8, 4) is 5.75 Å². The van der Waals surface area contributed by atoms with Crippen LogP contribution in [0.25, 0.3) is 0 Å². The highest BCUT2D eigenvalue weighted by molar-refractivity contribution is 5.78. The molecular weight excluding hydrogens is 430 g/mol. The molecule has 1 aliphatic heterocycles. The number of carbonyl (C=O) groups is 2. The van der Waals surface area contributed by atoms with E-state index in [4.69, 9.17) is 9.47 Å². The van der Waals surface area contributed by atoms with E-state index in [2.05, 4.69) is 10.6 Å². The molecule has 4 bridgehead atoms. The summed E-state index contributed by atoms with van der Waals surface area (Å²) in [6, 6.07) is 7.68. The summed E-state index contributed by atoms with van der Waals surface area (Å²) < 4.78 is 11.3. The lowest BCUT2D eigenvalue weighted by Gasteiger charge is -2.56. The number of rotatable bonds is 9. The summed E-state index contributed by atoms with van der Waals surface area (Å²) in [5.74, 6) is 3.16. The summed E-state index contributed by atoms with van der Waals surface area (Å²) >= 11 is 0. The molecule has 2 N–H and O–H groups in total. The van der Waals surface area contributed by atoms with Crippen molar-refractivity contribution < 1.29 is 19.1 Å². The van der Waals surface area contributed by atoms with Gasteiger partial charge in [-0.15, -0.1) is 0 Å². The third-order valence-corrected chi connectivity index (χ3v) is 8.40. The van der Waals surface area contributed by atoms with Crippen molar-refractivity contribution in [3.05, 3.63) is 29.8 Å². The number of carbonyl (C=O) groups excluding carboxylic acids is 2. The quantitative estimate of drug-likeness (QED) is 0.576. The summed E-state index contributed by atoms with van der Waals surface area (Å²) in [6.45, 7) is 2.14. The molecule has 4 saturated carbocycles. The first-order valence-corrected chi connectivity index (χ1v) is 13.1. The number of urea groups is 1. The van der Waals surface area contributed by atoms with Crippen molar-refractivity contribution in [2.75, 3.05) is 26.8 Å². The van der Waals surface area contributed by atoms with Crippen LogP contribution in [0, 0.1) is 17.8 Å². The van der Waals surface area contributed by atoms with Crippen LogP contribution in [0.1, 0.15) is 63.4 Å². The number of para-hydroxylation sites is 1. The molecule has 3 amide bonds. The highest BCUT2D eigenvalue weighted by Gasteiger charge is 2.51. The molecule has 5 fully saturated rings. The molecular formula is C27H39N3O4. The molecule has 1 saturated heterocycles. The summed E-state index contributed by atoms with van der Waals surface area (Å²) in [5, 5.41) is 6.30. The normalized spacial score (nSPS) is 31.3. The topological polar surface area (TPSA) is 79.9 Å². The Labute approximate surface area is 202 Å². The summed E-state index contributed by atoms with van der Waals surface area (Å²) in [4.78, 5) is 27.8. The van der Waals surface area contributed by atoms with Gasteiger partial charge in [0.25, 0.3) is 0 Å². The smallest absolute Gasteiger partial charge is 0.315 e. The average Bonchev–Trinajstić information content (AvgIpc) is 3.31. The molecule has 0 radical (unpaired) electrons. The molecule has 1 atom stereocenters. The van der Waals surface area contributed by atoms with Gasteiger partial charge in [-0.1, -0.05) is 18.2 Å². The molecule has 186 valence electrons. The maximum Gasteiger partial charge on any atom is 0.315 e. The molecule has 0 spiro atoms. The highest BCUT2D eigenvalue weighted by Crippen LogP contribution is 2.55. The lowest BCUT2D eigenvalue weighted by molar-refractivity contribution is -0.133. The van der Waals surface area contributed by atoms with Crippen LogP contribution in [-0.2, 0) is 16.1 Å². The van der Waals surface area contributed by atoms with E-state index in [0.29, 0.717) is 19.6 Å². The van der Waals surface area contributed by atoms with Crippen LogP contribution in [0.3, 0.4) is 0 Å². The van der Waals surface area contributed by atoms with Gasteiger partial charge in [-0.05, 0) is 75.2 Å². The van der Waals surface area contributed by atoms with Crippen molar-refractivity contribution >= 4 is 11.9 Å². The maximum absolute atomic E-state index is 13.2. The monoisotopic (exact) mass is 469 g/mol. The van der Waals surface area contributed by atoms with Crippen molar-refractivity contribution in [2.45, 2.75) is 76.0 Å². The number of nitrogens with one attached hydrogen (secondary N) is 2. The van der Waals surface area contributed by atoms with Gasteiger partial charge in [-0.3, -0.25) is 4.79 Å². The van der Waals surface area contributed by atoms with Gasteiger partial charge in [0.15, 0.2) is 0 Å². The molecule has 1 aromatic rings. The Morgan fingerprint density at radius 2 is 1.82 bits per heavy atom. The van der Waals surface area contributed by atoms with Gasteiger partial charge in [0.1, 0.15) is 5.75 Å². The van der Waals surface area contributed by atoms with E-state index < -0.39 is 0 Å². The lowest BCUT2D eigenvalue weighted by atomic mass is 9.53. The molecule has 4 aliphatic carbocycles. The zero-order chi connectivity index (χ0) is 23.5. The fourth-order valence-electron chi connectivity index (χ4n) is 7.32. The first-order chi connectivity index (χ1) is 16.5. The third-order valence-electron chi connectivity index (χ3n) is 8.40. The van der Waals surface area contributed by atoms with Gasteiger partial charge in [0.05, 0.1) is 13.2 Å². The largest absolute Gasteiger partial charge is 0.496 e. The molecule has 0 aromatic heterocycles. The fraction of sp³-hybridized carbons (Fsp3) is 0.704. The molecule has 7 nitrogen and oxygen atoms in total. The van der Waals surface area contributed by atoms with Crippen LogP contribution in [0.4, 0.5) is 4.79 Å². The van der Waals surface area contributed by atoms with E-state index in [9.17, 15) is 9.59 Å². The molecule has 7 heteroatoms. The number of hydrogen-bond donors (Lipinski definition) is 2. The molecule has 1 heterocycles. The zero-order valence-electron chi connectivity index (χ0n) is 20.4. The first kappa shape index (κ1) is 23.5. The van der Waals surface area contributed by atoms with Crippen LogP contribution < -0.4 is 15.4 Å². The molecule has 6 rings (SSSR count). The maximum atomic E-state index is 13.2. The Hall–Kier alpha value is -2.28. The molecule has 5 aliphatic rings. The van der Waals surface area contributed by atoms with Crippen molar-refractivity contribution in [1.82, 2.24) is 15.5 Å². The number of benzene rings is 1. The summed E-state index contributed by atoms with van der Waals surface area (Å²) in [5.41, 5.74) is 0.960. The first-order valence-electron chi connectivity index (χ1n) is 13.1. The Kier molecular flexibility index (Phi) is 7.00. The van der Waals surface area contributed by atoms with E-state index in [1.807, 2.05) is 29.2 Å². The summed E-state index contributed by atoms with van der Waals surface area (Å²) in [7, 11) is 1.65. The molecule has 1 unspecified atom stereocenters. The van der Waals surface area contributed by atoms with Crippen molar-refractivity contribution in [1.29, 1.82) is 0 Å². The van der Waals surface area contributed by atoms with Crippen LogP contribution in [-0.4, -0.2) is 55.3 Å². The standard InChI is InChI=1S/C27H39N3O4/c1-33-24-7-3-2-5-22(24)17-30(18-23-6-4-10-34-23)25(31)8-9-28-26(32)29-27-14-19-11-20(15-27)13-21(12-19)16-27/h2-3,5,7,19-21,23H,4,6,8-18H2,1H3,(H2,28,29,32). The zero-order valence-corrected chi connectivity index (χ0v) is 20.4. The van der Waals surface area contributed by atoms with E-state index in [1.54, 1.807) is 7.11 Å². The SMILES string of the molecule is COc1ccccc1CN(CC1CCCO1)C(=O)CCNC(=O)NC12CC3CC(CC(C3)C1)C2.